The van der Waals surface area contributed by atoms with Gasteiger partial charge in [0.2, 0.25) is 5.91 Å². The minimum Gasteiger partial charge on any atom is -0.490 e. The Labute approximate surface area is 133 Å². The first kappa shape index (κ1) is 17.8. The summed E-state index contributed by atoms with van der Waals surface area (Å²) in [6.07, 6.45) is 1.92. The molecule has 0 aliphatic carbocycles. The number of nitrogens with zero attached hydrogens (tertiary/aromatic N) is 1. The van der Waals surface area contributed by atoms with Crippen LogP contribution in [0.2, 0.25) is 0 Å². The number of hydrogen-bond donors (Lipinski definition) is 1. The standard InChI is InChI=1S/C16H24N2O2.ClH/c1-12(2)15(17)16(19)18-10-8-14(9-11-18)20-13-6-4-3-5-7-13;/h3-7,12,14-15H,8-11,17H2,1-2H3;1H. The summed E-state index contributed by atoms with van der Waals surface area (Å²) in [5, 5.41) is 0. The van der Waals surface area contributed by atoms with Crippen molar-refractivity contribution in [3.05, 3.63) is 30.3 Å². The molecule has 0 radical (unpaired) electrons. The average molecular weight is 313 g/mol. The van der Waals surface area contributed by atoms with Crippen molar-refractivity contribution in [3.8, 4) is 5.75 Å². The summed E-state index contributed by atoms with van der Waals surface area (Å²) < 4.78 is 5.92. The molecule has 1 aromatic rings. The fourth-order valence-corrected chi connectivity index (χ4v) is 2.38. The minimum absolute atomic E-state index is 0. The Morgan fingerprint density at radius 1 is 1.24 bits per heavy atom. The third-order valence-electron chi connectivity index (χ3n) is 3.80. The van der Waals surface area contributed by atoms with Crippen LogP contribution in [0.3, 0.4) is 0 Å². The zero-order valence-electron chi connectivity index (χ0n) is 12.7. The first-order chi connectivity index (χ1) is 9.58. The largest absolute Gasteiger partial charge is 0.490 e. The van der Waals surface area contributed by atoms with Gasteiger partial charge in [-0.25, -0.2) is 0 Å². The second kappa shape index (κ2) is 8.25. The van der Waals surface area contributed by atoms with Crippen LogP contribution in [0.1, 0.15) is 26.7 Å². The van der Waals surface area contributed by atoms with E-state index in [-0.39, 0.29) is 36.4 Å². The van der Waals surface area contributed by atoms with Crippen LogP contribution >= 0.6 is 12.4 Å². The maximum absolute atomic E-state index is 12.2. The van der Waals surface area contributed by atoms with E-state index >= 15 is 0 Å². The van der Waals surface area contributed by atoms with Crippen LogP contribution in [-0.4, -0.2) is 36.0 Å². The lowest BCUT2D eigenvalue weighted by atomic mass is 10.0. The Kier molecular flexibility index (Phi) is 6.99. The topological polar surface area (TPSA) is 55.6 Å². The highest BCUT2D eigenvalue weighted by atomic mass is 35.5. The van der Waals surface area contributed by atoms with Gasteiger partial charge in [-0.1, -0.05) is 32.0 Å². The van der Waals surface area contributed by atoms with Crippen LogP contribution in [-0.2, 0) is 4.79 Å². The molecule has 1 atom stereocenters. The number of likely N-dealkylation sites (tertiary alicyclic amines) is 1. The normalized spacial score (nSPS) is 17.2. The lowest BCUT2D eigenvalue weighted by Gasteiger charge is -2.34. The Balaban J connectivity index is 0.00000220. The second-order valence-corrected chi connectivity index (χ2v) is 5.73. The van der Waals surface area contributed by atoms with Crippen molar-refractivity contribution in [1.29, 1.82) is 0 Å². The third kappa shape index (κ3) is 4.90. The van der Waals surface area contributed by atoms with Crippen molar-refractivity contribution in [2.24, 2.45) is 11.7 Å². The van der Waals surface area contributed by atoms with E-state index in [9.17, 15) is 4.79 Å². The predicted molar refractivity (Wildman–Crippen MR) is 86.7 cm³/mol. The van der Waals surface area contributed by atoms with Crippen LogP contribution in [0.25, 0.3) is 0 Å². The van der Waals surface area contributed by atoms with Gasteiger partial charge in [0, 0.05) is 25.9 Å². The second-order valence-electron chi connectivity index (χ2n) is 5.73. The molecule has 1 aliphatic heterocycles. The van der Waals surface area contributed by atoms with E-state index in [1.807, 2.05) is 49.1 Å². The first-order valence-electron chi connectivity index (χ1n) is 7.34. The minimum atomic E-state index is -0.387. The molecule has 0 spiro atoms. The summed E-state index contributed by atoms with van der Waals surface area (Å²) in [4.78, 5) is 14.0. The van der Waals surface area contributed by atoms with Crippen LogP contribution < -0.4 is 10.5 Å². The zero-order valence-corrected chi connectivity index (χ0v) is 13.5. The smallest absolute Gasteiger partial charge is 0.239 e. The van der Waals surface area contributed by atoms with E-state index < -0.39 is 0 Å². The molecule has 2 N–H and O–H groups in total. The average Bonchev–Trinajstić information content (AvgIpc) is 2.47. The SMILES string of the molecule is CC(C)C(N)C(=O)N1CCC(Oc2ccccc2)CC1.Cl. The Morgan fingerprint density at radius 3 is 2.33 bits per heavy atom. The lowest BCUT2D eigenvalue weighted by molar-refractivity contribution is -0.135. The molecule has 1 amide bonds. The molecule has 5 heteroatoms. The third-order valence-corrected chi connectivity index (χ3v) is 3.80. The number of carbonyl (C=O) groups excluding carboxylic acids is 1. The summed E-state index contributed by atoms with van der Waals surface area (Å²) in [5.74, 6) is 1.15. The van der Waals surface area contributed by atoms with Crippen molar-refractivity contribution < 1.29 is 9.53 Å². The Bertz CT molecular complexity index is 431. The fourth-order valence-electron chi connectivity index (χ4n) is 2.38. The van der Waals surface area contributed by atoms with Crippen LogP contribution in [0, 0.1) is 5.92 Å². The highest BCUT2D eigenvalue weighted by molar-refractivity contribution is 5.85. The number of nitrogens with two attached hydrogens (primary N) is 1. The number of halogens is 1. The van der Waals surface area contributed by atoms with Gasteiger partial charge in [0.05, 0.1) is 6.04 Å². The molecular weight excluding hydrogens is 288 g/mol. The molecule has 4 nitrogen and oxygen atoms in total. The molecule has 0 bridgehead atoms. The van der Waals surface area contributed by atoms with Crippen LogP contribution in [0.15, 0.2) is 30.3 Å². The van der Waals surface area contributed by atoms with E-state index in [0.717, 1.165) is 31.7 Å². The molecule has 1 aromatic carbocycles. The quantitative estimate of drug-likeness (QED) is 0.929. The maximum atomic E-state index is 12.2. The number of para-hydroxylation sites is 1. The van der Waals surface area contributed by atoms with Crippen LogP contribution in [0.4, 0.5) is 0 Å². The molecule has 0 aromatic heterocycles. The first-order valence-corrected chi connectivity index (χ1v) is 7.34. The maximum Gasteiger partial charge on any atom is 0.239 e. The van der Waals surface area contributed by atoms with E-state index in [4.69, 9.17) is 10.5 Å². The Hall–Kier alpha value is -1.26. The molecule has 1 unspecified atom stereocenters. The monoisotopic (exact) mass is 312 g/mol. The highest BCUT2D eigenvalue weighted by Gasteiger charge is 2.28. The van der Waals surface area contributed by atoms with Gasteiger partial charge in [-0.3, -0.25) is 4.79 Å². The van der Waals surface area contributed by atoms with E-state index in [1.165, 1.54) is 0 Å². The van der Waals surface area contributed by atoms with Gasteiger partial charge < -0.3 is 15.4 Å². The summed E-state index contributed by atoms with van der Waals surface area (Å²) in [6, 6.07) is 9.45. The van der Waals surface area contributed by atoms with Crippen molar-refractivity contribution in [2.45, 2.75) is 38.8 Å². The molecule has 2 rings (SSSR count). The molecule has 1 fully saturated rings. The van der Waals surface area contributed by atoms with Gasteiger partial charge in [0.15, 0.2) is 0 Å². The molecule has 21 heavy (non-hydrogen) atoms. The number of ether oxygens (including phenoxy) is 1. The van der Waals surface area contributed by atoms with Gasteiger partial charge in [0.1, 0.15) is 11.9 Å². The molecule has 1 heterocycles. The summed E-state index contributed by atoms with van der Waals surface area (Å²) in [7, 11) is 0. The van der Waals surface area contributed by atoms with Gasteiger partial charge >= 0.3 is 0 Å². The van der Waals surface area contributed by atoms with Gasteiger partial charge in [-0.2, -0.15) is 0 Å². The molecule has 0 saturated carbocycles. The van der Waals surface area contributed by atoms with Gasteiger partial charge in [-0.15, -0.1) is 12.4 Å². The van der Waals surface area contributed by atoms with E-state index in [2.05, 4.69) is 0 Å². The van der Waals surface area contributed by atoms with Crippen molar-refractivity contribution in [1.82, 2.24) is 4.90 Å². The predicted octanol–water partition coefficient (Wildman–Crippen LogP) is 2.46. The lowest BCUT2D eigenvalue weighted by Crippen LogP contribution is -2.50. The summed E-state index contributed by atoms with van der Waals surface area (Å²) >= 11 is 0. The number of hydrogen-bond acceptors (Lipinski definition) is 3. The molecule has 1 saturated heterocycles. The fraction of sp³-hybridized carbons (Fsp3) is 0.562. The van der Waals surface area contributed by atoms with Crippen molar-refractivity contribution >= 4 is 18.3 Å². The van der Waals surface area contributed by atoms with Crippen LogP contribution in [0.5, 0.6) is 5.75 Å². The number of carbonyl (C=O) groups is 1. The van der Waals surface area contributed by atoms with Gasteiger partial charge in [-0.05, 0) is 18.1 Å². The highest BCUT2D eigenvalue weighted by Crippen LogP contribution is 2.19. The number of rotatable bonds is 4. The summed E-state index contributed by atoms with van der Waals surface area (Å²) in [5.41, 5.74) is 5.93. The van der Waals surface area contributed by atoms with E-state index in [1.54, 1.807) is 0 Å². The number of amides is 1. The van der Waals surface area contributed by atoms with Crippen molar-refractivity contribution in [3.63, 3.8) is 0 Å². The van der Waals surface area contributed by atoms with Crippen molar-refractivity contribution in [2.75, 3.05) is 13.1 Å². The number of benzene rings is 1. The van der Waals surface area contributed by atoms with E-state index in [0.29, 0.717) is 0 Å². The zero-order chi connectivity index (χ0) is 14.5. The Morgan fingerprint density at radius 2 is 1.81 bits per heavy atom. The summed E-state index contributed by atoms with van der Waals surface area (Å²) in [6.45, 7) is 5.43. The number of piperidine rings is 1. The molecule has 118 valence electrons. The molecule has 1 aliphatic rings. The molecular formula is C16H25ClN2O2. The van der Waals surface area contributed by atoms with Gasteiger partial charge in [0.25, 0.3) is 0 Å².